The molecule has 3 heterocycles. The first-order chi connectivity index (χ1) is 16.2. The number of hydrogen-bond acceptors (Lipinski definition) is 7. The van der Waals surface area contributed by atoms with Crippen LogP contribution in [0.25, 0.3) is 22.5 Å². The fraction of sp³-hybridized carbons (Fsp3) is 0.320. The highest BCUT2D eigenvalue weighted by Crippen LogP contribution is 2.41. The van der Waals surface area contributed by atoms with E-state index in [0.29, 0.717) is 19.8 Å². The minimum absolute atomic E-state index is 0.227. The summed E-state index contributed by atoms with van der Waals surface area (Å²) in [5, 5.41) is 12.0. The fourth-order valence-corrected chi connectivity index (χ4v) is 4.74. The Hall–Kier alpha value is -3.09. The average Bonchev–Trinajstić information content (AvgIpc) is 3.58. The van der Waals surface area contributed by atoms with Crippen molar-refractivity contribution in [3.63, 3.8) is 0 Å². The number of thiophene rings is 1. The molecule has 0 spiro atoms. The molecule has 2 aromatic heterocycles. The summed E-state index contributed by atoms with van der Waals surface area (Å²) in [7, 11) is 0. The molecule has 1 aliphatic carbocycles. The second-order valence-corrected chi connectivity index (χ2v) is 9.16. The lowest BCUT2D eigenvalue weighted by atomic mass is 10.1. The van der Waals surface area contributed by atoms with Crippen molar-refractivity contribution >= 4 is 11.3 Å². The third-order valence-corrected chi connectivity index (χ3v) is 6.35. The highest BCUT2D eigenvalue weighted by Gasteiger charge is 2.26. The molecule has 33 heavy (non-hydrogen) atoms. The van der Waals surface area contributed by atoms with Crippen molar-refractivity contribution < 1.29 is 9.47 Å². The third-order valence-electron chi connectivity index (χ3n) is 5.50. The number of aromatic amines is 1. The Kier molecular flexibility index (Phi) is 6.46. The molecule has 3 aromatic rings. The van der Waals surface area contributed by atoms with Crippen LogP contribution in [0.5, 0.6) is 0 Å². The lowest BCUT2D eigenvalue weighted by molar-refractivity contribution is 0.0280. The van der Waals surface area contributed by atoms with Gasteiger partial charge >= 0.3 is 0 Å². The molecule has 5 rings (SSSR count). The Labute approximate surface area is 197 Å². The van der Waals surface area contributed by atoms with Crippen molar-refractivity contribution in [3.05, 3.63) is 63.6 Å². The van der Waals surface area contributed by atoms with Crippen molar-refractivity contribution in [3.8, 4) is 34.4 Å². The summed E-state index contributed by atoms with van der Waals surface area (Å²) in [5.41, 5.74) is 14.6. The van der Waals surface area contributed by atoms with Gasteiger partial charge in [-0.25, -0.2) is 0 Å². The maximum atomic E-state index is 5.51. The van der Waals surface area contributed by atoms with Crippen LogP contribution < -0.4 is 10.9 Å². The van der Waals surface area contributed by atoms with E-state index in [1.54, 1.807) is 11.3 Å². The average molecular weight is 462 g/mol. The van der Waals surface area contributed by atoms with Gasteiger partial charge in [0.2, 0.25) is 0 Å². The SMILES string of the molecule is CC(C)OCCOCC#Cc1cc(-c2n[nH]c3c2Cc2ccc(CN4NC=CN4)cc2-3)cs1. The Balaban J connectivity index is 1.24. The number of ether oxygens (including phenoxy) is 2. The molecule has 0 saturated carbocycles. The van der Waals surface area contributed by atoms with Crippen LogP contribution in [0.1, 0.15) is 35.4 Å². The van der Waals surface area contributed by atoms with Gasteiger partial charge in [-0.15, -0.1) is 16.5 Å². The molecule has 170 valence electrons. The fourth-order valence-electron chi connectivity index (χ4n) is 3.98. The number of hydrogen-bond donors (Lipinski definition) is 3. The van der Waals surface area contributed by atoms with Gasteiger partial charge in [0.05, 0.1) is 42.1 Å². The van der Waals surface area contributed by atoms with E-state index < -0.39 is 0 Å². The van der Waals surface area contributed by atoms with Crippen LogP contribution in [-0.2, 0) is 22.4 Å². The predicted octanol–water partition coefficient (Wildman–Crippen LogP) is 3.80. The van der Waals surface area contributed by atoms with Crippen LogP contribution in [0.3, 0.4) is 0 Å². The number of hydrazine groups is 2. The number of rotatable bonds is 8. The minimum Gasteiger partial charge on any atom is -0.376 e. The van der Waals surface area contributed by atoms with E-state index in [4.69, 9.17) is 9.47 Å². The molecule has 1 aromatic carbocycles. The highest BCUT2D eigenvalue weighted by molar-refractivity contribution is 7.11. The van der Waals surface area contributed by atoms with E-state index in [0.717, 1.165) is 34.8 Å². The molecule has 0 saturated heterocycles. The first-order valence-electron chi connectivity index (χ1n) is 11.1. The van der Waals surface area contributed by atoms with Gasteiger partial charge in [-0.05, 0) is 37.1 Å². The van der Waals surface area contributed by atoms with E-state index in [1.165, 1.54) is 22.3 Å². The number of aromatic nitrogens is 2. The summed E-state index contributed by atoms with van der Waals surface area (Å²) in [5.74, 6) is 6.28. The lowest BCUT2D eigenvalue weighted by Gasteiger charge is -2.16. The molecule has 0 bridgehead atoms. The van der Waals surface area contributed by atoms with Crippen LogP contribution >= 0.6 is 11.3 Å². The van der Waals surface area contributed by atoms with Crippen LogP contribution in [0.4, 0.5) is 0 Å². The molecule has 0 radical (unpaired) electrons. The standard InChI is InChI=1S/C25H27N5O2S/c1-17(2)32-11-10-31-9-3-4-21-13-20(16-33-21)24-23-14-19-6-5-18(15-30-26-7-8-27-30)12-22(19)25(23)29-28-24/h5-8,12-13,16-17,26-27H,9-11,14-15H2,1-2H3,(H,28,29). The zero-order valence-corrected chi connectivity index (χ0v) is 19.6. The van der Waals surface area contributed by atoms with Gasteiger partial charge in [0.25, 0.3) is 0 Å². The topological polar surface area (TPSA) is 74.4 Å². The van der Waals surface area contributed by atoms with Crippen LogP contribution in [-0.4, -0.2) is 41.2 Å². The molecule has 3 N–H and O–H groups in total. The van der Waals surface area contributed by atoms with E-state index in [9.17, 15) is 0 Å². The number of nitrogens with one attached hydrogen (secondary N) is 3. The number of H-pyrrole nitrogens is 1. The van der Waals surface area contributed by atoms with Gasteiger partial charge in [-0.2, -0.15) is 5.10 Å². The third kappa shape index (κ3) is 4.97. The molecule has 0 fully saturated rings. The van der Waals surface area contributed by atoms with Crippen LogP contribution in [0, 0.1) is 11.8 Å². The van der Waals surface area contributed by atoms with Crippen molar-refractivity contribution in [1.82, 2.24) is 26.2 Å². The zero-order valence-electron chi connectivity index (χ0n) is 18.8. The summed E-state index contributed by atoms with van der Waals surface area (Å²) >= 11 is 1.64. The minimum atomic E-state index is 0.227. The molecule has 0 amide bonds. The van der Waals surface area contributed by atoms with Gasteiger partial charge in [-0.3, -0.25) is 5.10 Å². The maximum Gasteiger partial charge on any atom is 0.108 e. The van der Waals surface area contributed by atoms with Crippen molar-refractivity contribution in [2.24, 2.45) is 0 Å². The summed E-state index contributed by atoms with van der Waals surface area (Å²) < 4.78 is 11.0. The molecule has 1 aliphatic heterocycles. The number of fused-ring (bicyclic) bond motifs is 3. The molecule has 0 unspecified atom stereocenters. The Morgan fingerprint density at radius 3 is 2.91 bits per heavy atom. The summed E-state index contributed by atoms with van der Waals surface area (Å²) in [6.07, 6.45) is 4.87. The van der Waals surface area contributed by atoms with Gasteiger partial charge in [-0.1, -0.05) is 24.0 Å². The second-order valence-electron chi connectivity index (χ2n) is 8.25. The quantitative estimate of drug-likeness (QED) is 0.274. The van der Waals surface area contributed by atoms with Gasteiger partial charge in [0, 0.05) is 40.9 Å². The van der Waals surface area contributed by atoms with Gasteiger partial charge in [0.1, 0.15) is 6.61 Å². The number of benzene rings is 1. The molecule has 0 atom stereocenters. The van der Waals surface area contributed by atoms with Crippen LogP contribution in [0.2, 0.25) is 0 Å². The zero-order chi connectivity index (χ0) is 22.6. The smallest absolute Gasteiger partial charge is 0.108 e. The van der Waals surface area contributed by atoms with Crippen molar-refractivity contribution in [2.45, 2.75) is 32.9 Å². The molecule has 7 nitrogen and oxygen atoms in total. The molecule has 2 aliphatic rings. The molecular weight excluding hydrogens is 434 g/mol. The first-order valence-corrected chi connectivity index (χ1v) is 12.0. The normalized spacial score (nSPS) is 14.0. The van der Waals surface area contributed by atoms with Gasteiger partial charge < -0.3 is 20.3 Å². The monoisotopic (exact) mass is 461 g/mol. The van der Waals surface area contributed by atoms with E-state index >= 15 is 0 Å². The summed E-state index contributed by atoms with van der Waals surface area (Å²) in [6, 6.07) is 8.78. The van der Waals surface area contributed by atoms with Crippen molar-refractivity contribution in [2.75, 3.05) is 19.8 Å². The second kappa shape index (κ2) is 9.81. The molecular formula is C25H27N5O2S. The largest absolute Gasteiger partial charge is 0.376 e. The van der Waals surface area contributed by atoms with E-state index in [2.05, 4.69) is 62.5 Å². The van der Waals surface area contributed by atoms with Crippen molar-refractivity contribution in [1.29, 1.82) is 0 Å². The van der Waals surface area contributed by atoms with Gasteiger partial charge in [0.15, 0.2) is 0 Å². The Morgan fingerprint density at radius 2 is 2.06 bits per heavy atom. The lowest BCUT2D eigenvalue weighted by Crippen LogP contribution is -2.36. The van der Waals surface area contributed by atoms with E-state index in [-0.39, 0.29) is 6.10 Å². The Morgan fingerprint density at radius 1 is 1.18 bits per heavy atom. The Bertz CT molecular complexity index is 1210. The number of nitrogens with zero attached hydrogens (tertiary/aromatic N) is 2. The summed E-state index contributed by atoms with van der Waals surface area (Å²) in [6.45, 7) is 6.36. The highest BCUT2D eigenvalue weighted by atomic mass is 32.1. The molecule has 8 heteroatoms. The van der Waals surface area contributed by atoms with Crippen LogP contribution in [0.15, 0.2) is 42.0 Å². The first kappa shape index (κ1) is 21.7. The van der Waals surface area contributed by atoms with E-state index in [1.807, 2.05) is 31.4 Å². The summed E-state index contributed by atoms with van der Waals surface area (Å²) in [4.78, 5) is 1.01. The predicted molar refractivity (Wildman–Crippen MR) is 130 cm³/mol. The maximum absolute atomic E-state index is 5.51.